The van der Waals surface area contributed by atoms with Crippen molar-refractivity contribution in [2.24, 2.45) is 5.73 Å². The lowest BCUT2D eigenvalue weighted by molar-refractivity contribution is -0.114. The number of para-hydroxylation sites is 2. The van der Waals surface area contributed by atoms with Crippen molar-refractivity contribution < 1.29 is 9.53 Å². The first-order valence-corrected chi connectivity index (χ1v) is 6.05. The molecule has 0 aliphatic heterocycles. The molecule has 3 N–H and O–H groups in total. The van der Waals surface area contributed by atoms with Crippen molar-refractivity contribution in [3.8, 4) is 5.75 Å². The third-order valence-electron chi connectivity index (χ3n) is 2.94. The number of hydrogen-bond acceptors (Lipinski definition) is 3. The number of nitrogens with one attached hydrogen (secondary N) is 1. The van der Waals surface area contributed by atoms with Gasteiger partial charge in [0.2, 0.25) is 5.91 Å². The number of hydrogen-bond donors (Lipinski definition) is 2. The van der Waals surface area contributed by atoms with E-state index in [2.05, 4.69) is 5.32 Å². The van der Waals surface area contributed by atoms with Crippen LogP contribution in [-0.2, 0) is 4.79 Å². The number of amides is 1. The lowest BCUT2D eigenvalue weighted by Crippen LogP contribution is -2.22. The molecule has 0 aromatic heterocycles. The van der Waals surface area contributed by atoms with Crippen molar-refractivity contribution in [3.63, 3.8) is 0 Å². The van der Waals surface area contributed by atoms with Crippen LogP contribution in [0.3, 0.4) is 0 Å². The Balaban J connectivity index is 0.00000162. The second-order valence-corrected chi connectivity index (χ2v) is 4.27. The Morgan fingerprint density at radius 3 is 2.67 bits per heavy atom. The Kier molecular flexibility index (Phi) is 5.95. The fourth-order valence-corrected chi connectivity index (χ4v) is 2.06. The summed E-state index contributed by atoms with van der Waals surface area (Å²) in [6.07, 6.45) is 4.92. The van der Waals surface area contributed by atoms with Gasteiger partial charge in [-0.1, -0.05) is 12.1 Å². The van der Waals surface area contributed by atoms with Crippen molar-refractivity contribution in [1.29, 1.82) is 0 Å². The Morgan fingerprint density at radius 1 is 1.33 bits per heavy atom. The summed E-state index contributed by atoms with van der Waals surface area (Å²) in [5, 5.41) is 2.75. The zero-order chi connectivity index (χ0) is 12.1. The molecular weight excluding hydrogens is 252 g/mol. The van der Waals surface area contributed by atoms with Gasteiger partial charge >= 0.3 is 0 Å². The maximum absolute atomic E-state index is 11.3. The fraction of sp³-hybridized carbons (Fsp3) is 0.462. The summed E-state index contributed by atoms with van der Waals surface area (Å²) in [5.74, 6) is 0.536. The van der Waals surface area contributed by atoms with Gasteiger partial charge < -0.3 is 15.8 Å². The molecule has 2 rings (SSSR count). The molecule has 1 aromatic carbocycles. The molecule has 1 amide bonds. The van der Waals surface area contributed by atoms with Crippen LogP contribution in [0, 0.1) is 0 Å². The number of carbonyl (C=O) groups excluding carboxylic acids is 1. The standard InChI is InChI=1S/C13H18N2O2.ClH/c14-9-13(16)15-11-7-3-4-8-12(11)17-10-5-1-2-6-10;/h3-4,7-8,10H,1-2,5-6,9,14H2,(H,15,16);1H. The first-order valence-electron chi connectivity index (χ1n) is 6.05. The summed E-state index contributed by atoms with van der Waals surface area (Å²) in [5.41, 5.74) is 5.98. The summed E-state index contributed by atoms with van der Waals surface area (Å²) < 4.78 is 5.90. The van der Waals surface area contributed by atoms with Crippen LogP contribution < -0.4 is 15.8 Å². The highest BCUT2D eigenvalue weighted by Gasteiger charge is 2.18. The number of benzene rings is 1. The predicted molar refractivity (Wildman–Crippen MR) is 74.3 cm³/mol. The minimum absolute atomic E-state index is 0. The van der Waals surface area contributed by atoms with E-state index in [4.69, 9.17) is 10.5 Å². The predicted octanol–water partition coefficient (Wildman–Crippen LogP) is 2.33. The van der Waals surface area contributed by atoms with E-state index in [1.807, 2.05) is 24.3 Å². The van der Waals surface area contributed by atoms with Gasteiger partial charge in [-0.05, 0) is 37.8 Å². The Bertz CT molecular complexity index is 392. The fourth-order valence-electron chi connectivity index (χ4n) is 2.06. The van der Waals surface area contributed by atoms with E-state index in [1.54, 1.807) is 0 Å². The van der Waals surface area contributed by atoms with Gasteiger partial charge in [-0.3, -0.25) is 4.79 Å². The molecule has 0 radical (unpaired) electrons. The third kappa shape index (κ3) is 3.89. The van der Waals surface area contributed by atoms with E-state index in [0.717, 1.165) is 18.6 Å². The second-order valence-electron chi connectivity index (χ2n) is 4.27. The molecule has 1 aliphatic carbocycles. The van der Waals surface area contributed by atoms with Gasteiger partial charge in [-0.2, -0.15) is 0 Å². The van der Waals surface area contributed by atoms with Crippen molar-refractivity contribution in [1.82, 2.24) is 0 Å². The number of rotatable bonds is 4. The van der Waals surface area contributed by atoms with Crippen LogP contribution in [0.4, 0.5) is 5.69 Å². The van der Waals surface area contributed by atoms with Crippen LogP contribution in [-0.4, -0.2) is 18.6 Å². The van der Waals surface area contributed by atoms with Gasteiger partial charge in [0.25, 0.3) is 0 Å². The molecule has 100 valence electrons. The van der Waals surface area contributed by atoms with Gasteiger partial charge in [0, 0.05) is 0 Å². The van der Waals surface area contributed by atoms with Crippen LogP contribution in [0.5, 0.6) is 5.75 Å². The molecule has 0 spiro atoms. The van der Waals surface area contributed by atoms with Crippen LogP contribution in [0.15, 0.2) is 24.3 Å². The maximum atomic E-state index is 11.3. The minimum Gasteiger partial charge on any atom is -0.488 e. The quantitative estimate of drug-likeness (QED) is 0.883. The van der Waals surface area contributed by atoms with Gasteiger partial charge in [-0.15, -0.1) is 12.4 Å². The molecule has 0 atom stereocenters. The summed E-state index contributed by atoms with van der Waals surface area (Å²) in [6.45, 7) is -0.0161. The molecule has 0 unspecified atom stereocenters. The summed E-state index contributed by atoms with van der Waals surface area (Å²) in [4.78, 5) is 11.3. The largest absolute Gasteiger partial charge is 0.488 e. The highest BCUT2D eigenvalue weighted by Crippen LogP contribution is 2.29. The number of halogens is 1. The molecular formula is C13H19ClN2O2. The van der Waals surface area contributed by atoms with Gasteiger partial charge in [0.1, 0.15) is 5.75 Å². The molecule has 5 heteroatoms. The van der Waals surface area contributed by atoms with E-state index in [-0.39, 0.29) is 31.0 Å². The first-order chi connectivity index (χ1) is 8.29. The number of ether oxygens (including phenoxy) is 1. The summed E-state index contributed by atoms with van der Waals surface area (Å²) in [6, 6.07) is 7.48. The maximum Gasteiger partial charge on any atom is 0.238 e. The number of anilines is 1. The molecule has 0 bridgehead atoms. The number of nitrogens with two attached hydrogens (primary N) is 1. The molecule has 1 saturated carbocycles. The van der Waals surface area contributed by atoms with Crippen LogP contribution in [0.2, 0.25) is 0 Å². The van der Waals surface area contributed by atoms with Gasteiger partial charge in [-0.25, -0.2) is 0 Å². The molecule has 0 saturated heterocycles. The van der Waals surface area contributed by atoms with Crippen LogP contribution in [0.1, 0.15) is 25.7 Å². The highest BCUT2D eigenvalue weighted by atomic mass is 35.5. The van der Waals surface area contributed by atoms with Crippen molar-refractivity contribution in [2.75, 3.05) is 11.9 Å². The number of carbonyl (C=O) groups is 1. The Morgan fingerprint density at radius 2 is 2.00 bits per heavy atom. The monoisotopic (exact) mass is 270 g/mol. The van der Waals surface area contributed by atoms with E-state index >= 15 is 0 Å². The van der Waals surface area contributed by atoms with Gasteiger partial charge in [0.05, 0.1) is 18.3 Å². The third-order valence-corrected chi connectivity index (χ3v) is 2.94. The average molecular weight is 271 g/mol. The van der Waals surface area contributed by atoms with Crippen molar-refractivity contribution >= 4 is 24.0 Å². The molecule has 1 fully saturated rings. The second kappa shape index (κ2) is 7.24. The summed E-state index contributed by atoms with van der Waals surface area (Å²) in [7, 11) is 0. The van der Waals surface area contributed by atoms with E-state index in [9.17, 15) is 4.79 Å². The molecule has 1 aliphatic rings. The van der Waals surface area contributed by atoms with Crippen molar-refractivity contribution in [3.05, 3.63) is 24.3 Å². The lowest BCUT2D eigenvalue weighted by atomic mass is 10.2. The SMILES string of the molecule is Cl.NCC(=O)Nc1ccccc1OC1CCCC1. The van der Waals surface area contributed by atoms with E-state index in [1.165, 1.54) is 12.8 Å². The normalized spacial score (nSPS) is 14.9. The average Bonchev–Trinajstić information content (AvgIpc) is 2.84. The van der Waals surface area contributed by atoms with E-state index in [0.29, 0.717) is 5.69 Å². The molecule has 18 heavy (non-hydrogen) atoms. The Labute approximate surface area is 113 Å². The van der Waals surface area contributed by atoms with Crippen LogP contribution in [0.25, 0.3) is 0 Å². The molecule has 4 nitrogen and oxygen atoms in total. The Hall–Kier alpha value is -1.26. The van der Waals surface area contributed by atoms with Crippen LogP contribution >= 0.6 is 12.4 Å². The first kappa shape index (κ1) is 14.8. The minimum atomic E-state index is -0.201. The summed E-state index contributed by atoms with van der Waals surface area (Å²) >= 11 is 0. The smallest absolute Gasteiger partial charge is 0.238 e. The zero-order valence-electron chi connectivity index (χ0n) is 10.2. The molecule has 0 heterocycles. The lowest BCUT2D eigenvalue weighted by Gasteiger charge is -2.16. The van der Waals surface area contributed by atoms with E-state index < -0.39 is 0 Å². The van der Waals surface area contributed by atoms with Crippen molar-refractivity contribution in [2.45, 2.75) is 31.8 Å². The zero-order valence-corrected chi connectivity index (χ0v) is 11.0. The topological polar surface area (TPSA) is 64.4 Å². The molecule has 1 aromatic rings. The van der Waals surface area contributed by atoms with Gasteiger partial charge in [0.15, 0.2) is 0 Å². The highest BCUT2D eigenvalue weighted by molar-refractivity contribution is 5.93.